The highest BCUT2D eigenvalue weighted by atomic mass is 35.5. The smallest absolute Gasteiger partial charge is 0.0498 e. The van der Waals surface area contributed by atoms with E-state index in [-0.39, 0.29) is 10.8 Å². The highest BCUT2D eigenvalue weighted by Crippen LogP contribution is 2.62. The summed E-state index contributed by atoms with van der Waals surface area (Å²) in [5.74, 6) is 0.981. The number of aryl methyl sites for hydroxylation is 4. The van der Waals surface area contributed by atoms with E-state index in [2.05, 4.69) is 125 Å². The predicted octanol–water partition coefficient (Wildman–Crippen LogP) is 10.2. The Morgan fingerprint density at radius 3 is 0.881 bits per heavy atom. The van der Waals surface area contributed by atoms with Crippen molar-refractivity contribution in [3.05, 3.63) is 175 Å². The zero-order valence-electron chi connectivity index (χ0n) is 24.8. The van der Waals surface area contributed by atoms with Crippen molar-refractivity contribution in [2.24, 2.45) is 0 Å². The first-order valence-corrected chi connectivity index (χ1v) is 16.0. The standard InChI is InChI=1S/C40H36Cl2/c1-25-5-13-29(14-6-25)39(30-15-7-26(2)8-16-30)21-33-34-22-40(31-17-9-27(3)10-18-31,32-19-11-28(4)12-20-32)38(36(33)24-42)37(39)35(34)23-41/h5-20H,21-24H2,1-4H3. The molecule has 0 atom stereocenters. The van der Waals surface area contributed by atoms with E-state index in [9.17, 15) is 0 Å². The first kappa shape index (κ1) is 27.5. The maximum atomic E-state index is 6.99. The molecule has 0 saturated carbocycles. The number of halogens is 2. The lowest BCUT2D eigenvalue weighted by Gasteiger charge is -2.55. The molecule has 9 rings (SSSR count). The van der Waals surface area contributed by atoms with Gasteiger partial charge in [-0.2, -0.15) is 0 Å². The average molecular weight is 588 g/mol. The molecule has 210 valence electrons. The van der Waals surface area contributed by atoms with Gasteiger partial charge in [-0.15, -0.1) is 23.2 Å². The molecule has 0 unspecified atom stereocenters. The third-order valence-corrected chi connectivity index (χ3v) is 10.7. The van der Waals surface area contributed by atoms with Crippen LogP contribution in [-0.2, 0) is 35.4 Å². The molecule has 0 aliphatic heterocycles. The van der Waals surface area contributed by atoms with Crippen LogP contribution in [0.5, 0.6) is 0 Å². The molecule has 0 aromatic heterocycles. The van der Waals surface area contributed by atoms with Gasteiger partial charge in [-0.1, -0.05) is 119 Å². The summed E-state index contributed by atoms with van der Waals surface area (Å²) in [5.41, 5.74) is 17.8. The topological polar surface area (TPSA) is 0 Å². The van der Waals surface area contributed by atoms with Crippen molar-refractivity contribution in [2.45, 2.75) is 63.1 Å². The van der Waals surface area contributed by atoms with Gasteiger partial charge in [0.15, 0.2) is 0 Å². The second kappa shape index (κ2) is 10.1. The van der Waals surface area contributed by atoms with E-state index in [1.165, 1.54) is 77.9 Å². The van der Waals surface area contributed by atoms with Crippen LogP contribution < -0.4 is 0 Å². The molecule has 0 spiro atoms. The number of benzene rings is 5. The first-order chi connectivity index (χ1) is 20.3. The number of rotatable bonds is 6. The Balaban J connectivity index is 1.66. The van der Waals surface area contributed by atoms with Gasteiger partial charge < -0.3 is 0 Å². The van der Waals surface area contributed by atoms with Crippen LogP contribution in [0.3, 0.4) is 0 Å². The molecule has 2 heteroatoms. The minimum absolute atomic E-state index is 0.351. The zero-order valence-corrected chi connectivity index (χ0v) is 26.3. The van der Waals surface area contributed by atoms with Crippen molar-refractivity contribution in [3.8, 4) is 0 Å². The molecule has 0 heterocycles. The SMILES string of the molecule is Cc1ccc(C2(c3ccc(C)cc3)Cc3c4c(CCl)c2c(c3CCl)C(c2ccc(C)cc2)(c2ccc(C)cc2)C4)cc1. The molecule has 0 fully saturated rings. The molecule has 0 amide bonds. The summed E-state index contributed by atoms with van der Waals surface area (Å²) in [5, 5.41) is 0. The molecule has 42 heavy (non-hydrogen) atoms. The third kappa shape index (κ3) is 3.81. The summed E-state index contributed by atoms with van der Waals surface area (Å²) in [6.07, 6.45) is 1.82. The van der Waals surface area contributed by atoms with Gasteiger partial charge >= 0.3 is 0 Å². The Morgan fingerprint density at radius 1 is 0.429 bits per heavy atom. The van der Waals surface area contributed by atoms with E-state index in [1.54, 1.807) is 0 Å². The van der Waals surface area contributed by atoms with E-state index in [1.807, 2.05) is 0 Å². The summed E-state index contributed by atoms with van der Waals surface area (Å²) in [6.45, 7) is 8.66. The Kier molecular flexibility index (Phi) is 6.65. The first-order valence-electron chi connectivity index (χ1n) is 14.9. The number of fused-ring (bicyclic) bond motifs is 2. The van der Waals surface area contributed by atoms with E-state index in [4.69, 9.17) is 23.2 Å². The van der Waals surface area contributed by atoms with Gasteiger partial charge in [-0.3, -0.25) is 0 Å². The normalized spacial score (nSPS) is 15.8. The van der Waals surface area contributed by atoms with E-state index >= 15 is 0 Å². The molecular formula is C40H36Cl2. The van der Waals surface area contributed by atoms with Crippen molar-refractivity contribution in [2.75, 3.05) is 0 Å². The maximum absolute atomic E-state index is 6.99. The average Bonchev–Trinajstić information content (AvgIpc) is 3.01. The highest BCUT2D eigenvalue weighted by molar-refractivity contribution is 6.18. The second-order valence-corrected chi connectivity index (χ2v) is 13.1. The van der Waals surface area contributed by atoms with Crippen LogP contribution in [0.15, 0.2) is 97.1 Å². The van der Waals surface area contributed by atoms with E-state index in [0.29, 0.717) is 11.8 Å². The Morgan fingerprint density at radius 2 is 0.667 bits per heavy atom. The Hall–Kier alpha value is -3.32. The van der Waals surface area contributed by atoms with Crippen molar-refractivity contribution >= 4 is 23.2 Å². The fourth-order valence-electron chi connectivity index (χ4n) is 8.01. The molecule has 0 saturated heterocycles. The van der Waals surface area contributed by atoms with Crippen LogP contribution >= 0.6 is 23.2 Å². The van der Waals surface area contributed by atoms with Crippen molar-refractivity contribution < 1.29 is 0 Å². The summed E-state index contributed by atoms with van der Waals surface area (Å²) < 4.78 is 0. The lowest BCUT2D eigenvalue weighted by molar-refractivity contribution is 0.482. The van der Waals surface area contributed by atoms with Crippen molar-refractivity contribution in [1.29, 1.82) is 0 Å². The van der Waals surface area contributed by atoms with Gasteiger partial charge in [0.2, 0.25) is 0 Å². The van der Waals surface area contributed by atoms with Crippen LogP contribution in [0.2, 0.25) is 0 Å². The van der Waals surface area contributed by atoms with Crippen LogP contribution in [0, 0.1) is 27.7 Å². The summed E-state index contributed by atoms with van der Waals surface area (Å²) in [4.78, 5) is 0. The second-order valence-electron chi connectivity index (χ2n) is 12.6. The van der Waals surface area contributed by atoms with Crippen molar-refractivity contribution in [1.82, 2.24) is 0 Å². The maximum Gasteiger partial charge on any atom is 0.0498 e. The van der Waals surface area contributed by atoms with Gasteiger partial charge in [0.1, 0.15) is 0 Å². The molecule has 0 N–H and O–H groups in total. The molecular weight excluding hydrogens is 551 g/mol. The molecule has 4 aliphatic carbocycles. The van der Waals surface area contributed by atoms with Gasteiger partial charge in [0, 0.05) is 22.6 Å². The van der Waals surface area contributed by atoms with Crippen LogP contribution in [0.1, 0.15) is 77.9 Å². The predicted molar refractivity (Wildman–Crippen MR) is 177 cm³/mol. The summed E-state index contributed by atoms with van der Waals surface area (Å²) in [7, 11) is 0. The quantitative estimate of drug-likeness (QED) is 0.173. The molecule has 0 radical (unpaired) electrons. The van der Waals surface area contributed by atoms with Gasteiger partial charge in [-0.05, 0) is 96.2 Å². The lowest BCUT2D eigenvalue weighted by Crippen LogP contribution is -2.50. The number of alkyl halides is 2. The van der Waals surface area contributed by atoms with Crippen molar-refractivity contribution in [3.63, 3.8) is 0 Å². The largest absolute Gasteiger partial charge is 0.122 e. The Labute approximate surface area is 260 Å². The molecule has 5 aromatic rings. The third-order valence-electron chi connectivity index (χ3n) is 10.1. The summed E-state index contributed by atoms with van der Waals surface area (Å²) >= 11 is 14.0. The van der Waals surface area contributed by atoms with Gasteiger partial charge in [0.25, 0.3) is 0 Å². The molecule has 4 bridgehead atoms. The fraction of sp³-hybridized carbons (Fsp3) is 0.250. The molecule has 0 nitrogen and oxygen atoms in total. The number of hydrogen-bond donors (Lipinski definition) is 0. The fourth-order valence-corrected chi connectivity index (χ4v) is 8.60. The summed E-state index contributed by atoms with van der Waals surface area (Å²) in [6, 6.07) is 36.8. The van der Waals surface area contributed by atoms with Crippen LogP contribution in [0.4, 0.5) is 0 Å². The van der Waals surface area contributed by atoms with Crippen LogP contribution in [0.25, 0.3) is 0 Å². The molecule has 4 aliphatic rings. The van der Waals surface area contributed by atoms with Crippen LogP contribution in [-0.4, -0.2) is 0 Å². The van der Waals surface area contributed by atoms with E-state index < -0.39 is 0 Å². The lowest BCUT2D eigenvalue weighted by atomic mass is 9.47. The minimum atomic E-state index is -0.351. The number of hydrogen-bond acceptors (Lipinski definition) is 0. The molecule has 5 aromatic carbocycles. The van der Waals surface area contributed by atoms with Gasteiger partial charge in [-0.25, -0.2) is 0 Å². The minimum Gasteiger partial charge on any atom is -0.122 e. The Bertz CT molecular complexity index is 1560. The highest BCUT2D eigenvalue weighted by Gasteiger charge is 2.56. The van der Waals surface area contributed by atoms with E-state index in [0.717, 1.165) is 12.8 Å². The monoisotopic (exact) mass is 586 g/mol. The van der Waals surface area contributed by atoms with Gasteiger partial charge in [0.05, 0.1) is 0 Å². The zero-order chi connectivity index (χ0) is 29.2.